The highest BCUT2D eigenvalue weighted by Crippen LogP contribution is 2.32. The van der Waals surface area contributed by atoms with Crippen LogP contribution in [0.25, 0.3) is 5.70 Å². The maximum atomic E-state index is 13.4. The van der Waals surface area contributed by atoms with Gasteiger partial charge in [0.15, 0.2) is 0 Å². The first-order chi connectivity index (χ1) is 14.2. The van der Waals surface area contributed by atoms with Crippen LogP contribution in [0, 0.1) is 0 Å². The summed E-state index contributed by atoms with van der Waals surface area (Å²) in [6.07, 6.45) is 2.90. The van der Waals surface area contributed by atoms with E-state index in [1.165, 1.54) is 23.5 Å². The lowest BCUT2D eigenvalue weighted by Gasteiger charge is -2.23. The third-order valence-corrected chi connectivity index (χ3v) is 5.18. The SMILES string of the molecule is CN(N)/C=C(\N)c1cc(C2CCCCC2)c(=O)n(Cc2ncccc2C(F)(F)F)n1. The lowest BCUT2D eigenvalue weighted by molar-refractivity contribution is -0.138. The predicted molar refractivity (Wildman–Crippen MR) is 107 cm³/mol. The number of nitrogens with two attached hydrogens (primary N) is 2. The molecule has 0 saturated heterocycles. The van der Waals surface area contributed by atoms with E-state index >= 15 is 0 Å². The zero-order chi connectivity index (χ0) is 21.9. The highest BCUT2D eigenvalue weighted by molar-refractivity contribution is 5.59. The number of halogens is 3. The summed E-state index contributed by atoms with van der Waals surface area (Å²) in [5.41, 5.74) is 5.50. The van der Waals surface area contributed by atoms with Gasteiger partial charge < -0.3 is 10.7 Å². The number of hydrogen-bond donors (Lipinski definition) is 2. The van der Waals surface area contributed by atoms with Crippen molar-refractivity contribution in [1.29, 1.82) is 0 Å². The van der Waals surface area contributed by atoms with Crippen LogP contribution >= 0.6 is 0 Å². The Kier molecular flexibility index (Phi) is 6.45. The van der Waals surface area contributed by atoms with Crippen LogP contribution in [0.3, 0.4) is 0 Å². The van der Waals surface area contributed by atoms with Crippen LogP contribution in [0.2, 0.25) is 0 Å². The van der Waals surface area contributed by atoms with E-state index in [0.717, 1.165) is 42.9 Å². The number of aromatic nitrogens is 3. The van der Waals surface area contributed by atoms with Crippen molar-refractivity contribution in [2.24, 2.45) is 11.6 Å². The van der Waals surface area contributed by atoms with Crippen molar-refractivity contribution in [3.63, 3.8) is 0 Å². The van der Waals surface area contributed by atoms with Gasteiger partial charge in [-0.2, -0.15) is 18.3 Å². The number of pyridine rings is 1. The van der Waals surface area contributed by atoms with E-state index in [9.17, 15) is 18.0 Å². The van der Waals surface area contributed by atoms with E-state index in [2.05, 4.69) is 10.1 Å². The van der Waals surface area contributed by atoms with E-state index in [4.69, 9.17) is 11.6 Å². The van der Waals surface area contributed by atoms with Crippen LogP contribution in [0.4, 0.5) is 13.2 Å². The average Bonchev–Trinajstić information content (AvgIpc) is 2.69. The molecule has 0 aromatic carbocycles. The fourth-order valence-corrected chi connectivity index (χ4v) is 3.77. The van der Waals surface area contributed by atoms with Crippen LogP contribution in [-0.2, 0) is 12.7 Å². The fourth-order valence-electron chi connectivity index (χ4n) is 3.77. The second-order valence-electron chi connectivity index (χ2n) is 7.53. The number of nitrogens with zero attached hydrogens (tertiary/aromatic N) is 4. The quantitative estimate of drug-likeness (QED) is 0.567. The zero-order valence-corrected chi connectivity index (χ0v) is 16.7. The van der Waals surface area contributed by atoms with Crippen LogP contribution < -0.4 is 17.1 Å². The van der Waals surface area contributed by atoms with E-state index < -0.39 is 23.8 Å². The second kappa shape index (κ2) is 8.86. The first-order valence-electron chi connectivity index (χ1n) is 9.75. The summed E-state index contributed by atoms with van der Waals surface area (Å²) in [5.74, 6) is 5.64. The van der Waals surface area contributed by atoms with Gasteiger partial charge in [-0.05, 0) is 37.0 Å². The molecule has 1 aliphatic rings. The molecule has 1 aliphatic carbocycles. The molecule has 0 amide bonds. The lowest BCUT2D eigenvalue weighted by atomic mass is 9.84. The van der Waals surface area contributed by atoms with Crippen molar-refractivity contribution < 1.29 is 13.2 Å². The summed E-state index contributed by atoms with van der Waals surface area (Å²) in [7, 11) is 1.58. The van der Waals surface area contributed by atoms with Crippen LogP contribution in [-0.4, -0.2) is 26.8 Å². The molecule has 2 aromatic heterocycles. The first-order valence-corrected chi connectivity index (χ1v) is 9.75. The number of hydrazine groups is 1. The Morgan fingerprint density at radius 2 is 2.03 bits per heavy atom. The molecule has 2 heterocycles. The third kappa shape index (κ3) is 4.99. The maximum Gasteiger partial charge on any atom is 0.418 e. The predicted octanol–water partition coefficient (Wildman–Crippen LogP) is 2.82. The molecular weight excluding hydrogens is 397 g/mol. The lowest BCUT2D eigenvalue weighted by Crippen LogP contribution is -2.31. The highest BCUT2D eigenvalue weighted by atomic mass is 19.4. The normalized spacial score (nSPS) is 16.0. The van der Waals surface area contributed by atoms with Gasteiger partial charge in [0.25, 0.3) is 5.56 Å². The summed E-state index contributed by atoms with van der Waals surface area (Å²) in [6.45, 7) is -0.409. The molecule has 0 aliphatic heterocycles. The number of alkyl halides is 3. The van der Waals surface area contributed by atoms with Crippen molar-refractivity contribution in [3.05, 3.63) is 63.5 Å². The van der Waals surface area contributed by atoms with E-state index in [1.54, 1.807) is 13.1 Å². The summed E-state index contributed by atoms with van der Waals surface area (Å²) in [6, 6.07) is 3.79. The molecule has 3 rings (SSSR count). The van der Waals surface area contributed by atoms with Gasteiger partial charge in [0.05, 0.1) is 23.5 Å². The molecule has 0 spiro atoms. The molecule has 1 saturated carbocycles. The van der Waals surface area contributed by atoms with Crippen molar-refractivity contribution in [3.8, 4) is 0 Å². The van der Waals surface area contributed by atoms with E-state index in [0.29, 0.717) is 5.56 Å². The molecule has 2 aromatic rings. The third-order valence-electron chi connectivity index (χ3n) is 5.18. The fraction of sp³-hybridized carbons (Fsp3) is 0.450. The Hall–Kier alpha value is -2.88. The summed E-state index contributed by atoms with van der Waals surface area (Å²) >= 11 is 0. The molecule has 30 heavy (non-hydrogen) atoms. The largest absolute Gasteiger partial charge is 0.418 e. The minimum absolute atomic E-state index is 0.0217. The van der Waals surface area contributed by atoms with Gasteiger partial charge in [0.1, 0.15) is 5.69 Å². The smallest absolute Gasteiger partial charge is 0.396 e. The number of hydrogen-bond acceptors (Lipinski definition) is 6. The Bertz CT molecular complexity index is 977. The molecular formula is C20H25F3N6O. The second-order valence-corrected chi connectivity index (χ2v) is 7.53. The molecule has 162 valence electrons. The topological polar surface area (TPSA) is 103 Å². The van der Waals surface area contributed by atoms with Crippen molar-refractivity contribution in [1.82, 2.24) is 19.8 Å². The van der Waals surface area contributed by atoms with Gasteiger partial charge in [0, 0.05) is 25.0 Å². The summed E-state index contributed by atoms with van der Waals surface area (Å²) < 4.78 is 41.2. The average molecular weight is 422 g/mol. The Balaban J connectivity index is 2.11. The van der Waals surface area contributed by atoms with Crippen LogP contribution in [0.5, 0.6) is 0 Å². The Labute approximate surface area is 172 Å². The van der Waals surface area contributed by atoms with E-state index in [-0.39, 0.29) is 23.0 Å². The van der Waals surface area contributed by atoms with Gasteiger partial charge in [0.2, 0.25) is 0 Å². The van der Waals surface area contributed by atoms with Crippen molar-refractivity contribution in [2.45, 2.75) is 50.7 Å². The van der Waals surface area contributed by atoms with Gasteiger partial charge in [-0.25, -0.2) is 10.5 Å². The molecule has 0 unspecified atom stereocenters. The molecule has 4 N–H and O–H groups in total. The van der Waals surface area contributed by atoms with Gasteiger partial charge in [-0.15, -0.1) is 0 Å². The van der Waals surface area contributed by atoms with Crippen molar-refractivity contribution >= 4 is 5.70 Å². The Morgan fingerprint density at radius 3 is 2.67 bits per heavy atom. The van der Waals surface area contributed by atoms with Crippen LogP contribution in [0.15, 0.2) is 35.4 Å². The first kappa shape index (κ1) is 21.8. The summed E-state index contributed by atoms with van der Waals surface area (Å²) in [5, 5.41) is 5.46. The summed E-state index contributed by atoms with van der Waals surface area (Å²) in [4.78, 5) is 17.0. The Morgan fingerprint density at radius 1 is 1.33 bits per heavy atom. The van der Waals surface area contributed by atoms with Gasteiger partial charge >= 0.3 is 6.18 Å². The van der Waals surface area contributed by atoms with Crippen molar-refractivity contribution in [2.75, 3.05) is 7.05 Å². The number of rotatable bonds is 5. The molecule has 0 atom stereocenters. The monoisotopic (exact) mass is 422 g/mol. The minimum Gasteiger partial charge on any atom is -0.396 e. The molecule has 10 heteroatoms. The van der Waals surface area contributed by atoms with Gasteiger partial charge in [-0.1, -0.05) is 19.3 Å². The van der Waals surface area contributed by atoms with E-state index in [1.807, 2.05) is 0 Å². The molecule has 0 bridgehead atoms. The molecule has 0 radical (unpaired) electrons. The maximum absolute atomic E-state index is 13.4. The minimum atomic E-state index is -4.59. The molecule has 7 nitrogen and oxygen atoms in total. The zero-order valence-electron chi connectivity index (χ0n) is 16.7. The van der Waals surface area contributed by atoms with Gasteiger partial charge in [-0.3, -0.25) is 9.78 Å². The standard InChI is InChI=1S/C20H25F3N6O/c1-28(25)11-16(24)17-10-14(13-6-3-2-4-7-13)19(30)29(27-17)12-18-15(20(21,22)23)8-5-9-26-18/h5,8-11,13H,2-4,6-7,12,24-25H2,1H3/b16-11-. The highest BCUT2D eigenvalue weighted by Gasteiger charge is 2.34. The molecule has 1 fully saturated rings. The van der Waals surface area contributed by atoms with Crippen LogP contribution in [0.1, 0.15) is 60.5 Å².